The van der Waals surface area contributed by atoms with E-state index in [2.05, 4.69) is 5.32 Å². The van der Waals surface area contributed by atoms with E-state index in [4.69, 9.17) is 5.73 Å². The van der Waals surface area contributed by atoms with Crippen molar-refractivity contribution < 1.29 is 17.6 Å². The van der Waals surface area contributed by atoms with Gasteiger partial charge in [-0.15, -0.1) is 12.4 Å². The van der Waals surface area contributed by atoms with Crippen LogP contribution in [0.3, 0.4) is 0 Å². The molecule has 0 spiro atoms. The van der Waals surface area contributed by atoms with Crippen LogP contribution < -0.4 is 11.1 Å². The Morgan fingerprint density at radius 3 is 2.38 bits per heavy atom. The Labute approximate surface area is 130 Å². The molecule has 120 valence electrons. The molecule has 3 N–H and O–H groups in total. The molecule has 0 fully saturated rings. The van der Waals surface area contributed by atoms with E-state index >= 15 is 0 Å². The number of hydrogen-bond acceptors (Lipinski definition) is 4. The first-order valence-corrected chi connectivity index (χ1v) is 8.06. The zero-order valence-electron chi connectivity index (χ0n) is 12.1. The zero-order chi connectivity index (χ0) is 15.5. The average Bonchev–Trinajstić information content (AvgIpc) is 2.35. The van der Waals surface area contributed by atoms with E-state index in [0.717, 1.165) is 12.3 Å². The molecule has 21 heavy (non-hydrogen) atoms. The molecule has 0 aliphatic rings. The lowest BCUT2D eigenvalue weighted by atomic mass is 10.1. The molecule has 0 heterocycles. The molecule has 0 saturated heterocycles. The van der Waals surface area contributed by atoms with Gasteiger partial charge in [-0.25, -0.2) is 12.8 Å². The van der Waals surface area contributed by atoms with E-state index in [0.29, 0.717) is 5.56 Å². The third kappa shape index (κ3) is 5.26. The van der Waals surface area contributed by atoms with Crippen molar-refractivity contribution in [2.75, 3.05) is 12.8 Å². The number of nitrogens with two attached hydrogens (primary N) is 1. The van der Waals surface area contributed by atoms with E-state index in [1.165, 1.54) is 12.1 Å². The van der Waals surface area contributed by atoms with Gasteiger partial charge in [-0.3, -0.25) is 4.79 Å². The monoisotopic (exact) mass is 338 g/mol. The number of rotatable bonds is 5. The van der Waals surface area contributed by atoms with Crippen LogP contribution in [-0.4, -0.2) is 27.1 Å². The van der Waals surface area contributed by atoms with Crippen LogP contribution in [-0.2, 0) is 14.6 Å². The lowest BCUT2D eigenvalue weighted by molar-refractivity contribution is -0.124. The third-order valence-electron chi connectivity index (χ3n) is 3.02. The summed E-state index contributed by atoms with van der Waals surface area (Å²) in [5.74, 6) is -1.39. The summed E-state index contributed by atoms with van der Waals surface area (Å²) >= 11 is 0. The summed E-state index contributed by atoms with van der Waals surface area (Å²) in [6.45, 7) is 3.60. The molecule has 8 heteroatoms. The van der Waals surface area contributed by atoms with E-state index in [1.54, 1.807) is 13.8 Å². The minimum atomic E-state index is -3.60. The van der Waals surface area contributed by atoms with Crippen LogP contribution in [0.1, 0.15) is 25.5 Å². The summed E-state index contributed by atoms with van der Waals surface area (Å²) in [5.41, 5.74) is 5.88. The maximum absolute atomic E-state index is 13.8. The van der Waals surface area contributed by atoms with Crippen LogP contribution in [0.25, 0.3) is 0 Å². The minimum absolute atomic E-state index is 0. The maximum atomic E-state index is 13.8. The van der Waals surface area contributed by atoms with Crippen molar-refractivity contribution in [3.63, 3.8) is 0 Å². The largest absolute Gasteiger partial charge is 0.349 e. The van der Waals surface area contributed by atoms with Gasteiger partial charge < -0.3 is 11.1 Å². The Morgan fingerprint density at radius 2 is 1.95 bits per heavy atom. The Balaban J connectivity index is 0.00000400. The number of sulfone groups is 1. The molecule has 2 unspecified atom stereocenters. The van der Waals surface area contributed by atoms with Gasteiger partial charge in [-0.05, 0) is 24.6 Å². The first-order valence-electron chi connectivity index (χ1n) is 6.16. The fourth-order valence-electron chi connectivity index (χ4n) is 1.63. The normalized spacial score (nSPS) is 14.0. The van der Waals surface area contributed by atoms with Crippen molar-refractivity contribution in [1.29, 1.82) is 0 Å². The van der Waals surface area contributed by atoms with Crippen LogP contribution >= 0.6 is 12.4 Å². The van der Waals surface area contributed by atoms with Gasteiger partial charge in [0.1, 0.15) is 10.7 Å². The fourth-order valence-corrected chi connectivity index (χ4v) is 2.36. The Bertz CT molecular complexity index is 607. The van der Waals surface area contributed by atoms with Crippen molar-refractivity contribution in [3.8, 4) is 0 Å². The molecule has 1 rings (SSSR count). The van der Waals surface area contributed by atoms with Crippen LogP contribution in [0, 0.1) is 11.7 Å². The Hall–Kier alpha value is -1.18. The number of halogens is 2. The highest BCUT2D eigenvalue weighted by Crippen LogP contribution is 2.20. The smallest absolute Gasteiger partial charge is 0.224 e. The molecular weight excluding hydrogens is 319 g/mol. The average molecular weight is 339 g/mol. The number of nitrogens with one attached hydrogen (secondary N) is 1. The third-order valence-corrected chi connectivity index (χ3v) is 4.15. The first-order chi connectivity index (χ1) is 9.16. The van der Waals surface area contributed by atoms with E-state index in [9.17, 15) is 17.6 Å². The van der Waals surface area contributed by atoms with Gasteiger partial charge in [0.25, 0.3) is 0 Å². The standard InChI is InChI=1S/C13H19FN2O3S.ClH/c1-8(7-15)13(17)16-9(2)10-4-5-12(11(14)6-10)20(3,18)19;/h4-6,8-9H,7,15H2,1-3H3,(H,16,17);1H. The predicted octanol–water partition coefficient (Wildman–Crippen LogP) is 1.42. The van der Waals surface area contributed by atoms with Crippen molar-refractivity contribution in [2.24, 2.45) is 11.7 Å². The van der Waals surface area contributed by atoms with E-state index < -0.39 is 21.7 Å². The molecule has 5 nitrogen and oxygen atoms in total. The van der Waals surface area contributed by atoms with Crippen LogP contribution in [0.15, 0.2) is 23.1 Å². The summed E-state index contributed by atoms with van der Waals surface area (Å²) in [6, 6.07) is 3.38. The fraction of sp³-hybridized carbons (Fsp3) is 0.462. The van der Waals surface area contributed by atoms with Gasteiger partial charge in [0.2, 0.25) is 5.91 Å². The van der Waals surface area contributed by atoms with Crippen molar-refractivity contribution in [2.45, 2.75) is 24.8 Å². The van der Waals surface area contributed by atoms with Gasteiger partial charge in [-0.1, -0.05) is 13.0 Å². The highest BCUT2D eigenvalue weighted by atomic mass is 35.5. The number of hydrogen-bond donors (Lipinski definition) is 2. The van der Waals surface area contributed by atoms with Crippen molar-refractivity contribution >= 4 is 28.2 Å². The predicted molar refractivity (Wildman–Crippen MR) is 81.5 cm³/mol. The second-order valence-corrected chi connectivity index (χ2v) is 6.81. The molecule has 0 bridgehead atoms. The van der Waals surface area contributed by atoms with Gasteiger partial charge in [0.05, 0.1) is 6.04 Å². The lowest BCUT2D eigenvalue weighted by Crippen LogP contribution is -2.34. The zero-order valence-corrected chi connectivity index (χ0v) is 13.7. The van der Waals surface area contributed by atoms with Gasteiger partial charge in [0.15, 0.2) is 9.84 Å². The molecule has 1 aromatic carbocycles. The number of amides is 1. The molecule has 0 aromatic heterocycles. The van der Waals surface area contributed by atoms with Gasteiger partial charge in [-0.2, -0.15) is 0 Å². The number of carbonyl (C=O) groups is 1. The molecule has 0 aliphatic carbocycles. The minimum Gasteiger partial charge on any atom is -0.349 e. The SMILES string of the molecule is CC(CN)C(=O)NC(C)c1ccc(S(C)(=O)=O)c(F)c1.Cl. The lowest BCUT2D eigenvalue weighted by Gasteiger charge is -2.17. The molecule has 0 aliphatic heterocycles. The number of carbonyl (C=O) groups excluding carboxylic acids is 1. The highest BCUT2D eigenvalue weighted by molar-refractivity contribution is 7.90. The topological polar surface area (TPSA) is 89.3 Å². The van der Waals surface area contributed by atoms with Gasteiger partial charge in [0, 0.05) is 18.7 Å². The molecule has 1 aromatic rings. The van der Waals surface area contributed by atoms with Gasteiger partial charge >= 0.3 is 0 Å². The highest BCUT2D eigenvalue weighted by Gasteiger charge is 2.18. The van der Waals surface area contributed by atoms with E-state index in [-0.39, 0.29) is 35.7 Å². The molecule has 1 amide bonds. The summed E-state index contributed by atoms with van der Waals surface area (Å²) in [5, 5.41) is 2.70. The second-order valence-electron chi connectivity index (χ2n) is 4.83. The summed E-state index contributed by atoms with van der Waals surface area (Å²) in [7, 11) is -3.60. The molecule has 0 radical (unpaired) electrons. The number of benzene rings is 1. The first kappa shape index (κ1) is 19.8. The quantitative estimate of drug-likeness (QED) is 0.849. The second kappa shape index (κ2) is 7.72. The summed E-state index contributed by atoms with van der Waals surface area (Å²) in [4.78, 5) is 11.3. The molecular formula is C13H20ClFN2O3S. The van der Waals surface area contributed by atoms with E-state index in [1.807, 2.05) is 0 Å². The van der Waals surface area contributed by atoms with Crippen molar-refractivity contribution in [3.05, 3.63) is 29.6 Å². The van der Waals surface area contributed by atoms with Crippen molar-refractivity contribution in [1.82, 2.24) is 5.32 Å². The summed E-state index contributed by atoms with van der Waals surface area (Å²) < 4.78 is 36.4. The maximum Gasteiger partial charge on any atom is 0.224 e. The summed E-state index contributed by atoms with van der Waals surface area (Å²) in [6.07, 6.45) is 0.944. The van der Waals surface area contributed by atoms with Crippen LogP contribution in [0.2, 0.25) is 0 Å². The molecule has 0 saturated carbocycles. The van der Waals surface area contributed by atoms with Crippen LogP contribution in [0.4, 0.5) is 4.39 Å². The Morgan fingerprint density at radius 1 is 1.38 bits per heavy atom. The van der Waals surface area contributed by atoms with Crippen LogP contribution in [0.5, 0.6) is 0 Å². The molecule has 2 atom stereocenters. The Kier molecular flexibility index (Phi) is 7.29.